The van der Waals surface area contributed by atoms with Gasteiger partial charge in [-0.2, -0.15) is 0 Å². The van der Waals surface area contributed by atoms with Crippen LogP contribution < -0.4 is 10.4 Å². The first-order valence-electron chi connectivity index (χ1n) is 5.08. The molecule has 1 aromatic carbocycles. The van der Waals surface area contributed by atoms with E-state index in [1.165, 1.54) is 12.1 Å². The van der Waals surface area contributed by atoms with E-state index in [4.69, 9.17) is 20.8 Å². The summed E-state index contributed by atoms with van der Waals surface area (Å²) in [5.74, 6) is 0.533. The largest absolute Gasteiger partial charge is 0.471 e. The van der Waals surface area contributed by atoms with Gasteiger partial charge in [0, 0.05) is 17.5 Å². The zero-order valence-electron chi connectivity index (χ0n) is 9.27. The van der Waals surface area contributed by atoms with E-state index in [2.05, 4.69) is 6.58 Å². The lowest BCUT2D eigenvalue weighted by Gasteiger charge is -2.09. The highest BCUT2D eigenvalue weighted by Gasteiger charge is 2.06. The first-order valence-corrected chi connectivity index (χ1v) is 5.51. The Labute approximate surface area is 103 Å². The summed E-state index contributed by atoms with van der Waals surface area (Å²) in [6.45, 7) is 5.37. The summed E-state index contributed by atoms with van der Waals surface area (Å²) >= 11 is 5.78. The molecule has 1 heterocycles. The highest BCUT2D eigenvalue weighted by atomic mass is 35.5. The number of benzene rings is 1. The summed E-state index contributed by atoms with van der Waals surface area (Å²) in [6, 6.07) is 6.70. The lowest BCUT2D eigenvalue weighted by Crippen LogP contribution is -2.04. The molecule has 3 nitrogen and oxygen atoms in total. The quantitative estimate of drug-likeness (QED) is 0.477. The van der Waals surface area contributed by atoms with Crippen molar-refractivity contribution >= 4 is 22.6 Å². The van der Waals surface area contributed by atoms with Crippen LogP contribution in [-0.4, -0.2) is 5.56 Å². The molecule has 0 amide bonds. The molecule has 17 heavy (non-hydrogen) atoms. The number of rotatable bonds is 3. The first kappa shape index (κ1) is 11.7. The standard InChI is InChI=1S/C13H11ClO3/c1-3-12(14)16-9-4-5-10-8(2)6-13(15)17-11(10)7-9/h3-7,12H,1H2,2H3. The summed E-state index contributed by atoms with van der Waals surface area (Å²) in [7, 11) is 0. The van der Waals surface area contributed by atoms with Gasteiger partial charge in [0.15, 0.2) is 5.56 Å². The Morgan fingerprint density at radius 1 is 1.47 bits per heavy atom. The molecule has 1 aromatic heterocycles. The molecule has 0 N–H and O–H groups in total. The van der Waals surface area contributed by atoms with E-state index in [1.54, 1.807) is 12.1 Å². The Balaban J connectivity index is 2.50. The monoisotopic (exact) mass is 250 g/mol. The van der Waals surface area contributed by atoms with Gasteiger partial charge < -0.3 is 9.15 Å². The number of aryl methyl sites for hydroxylation is 1. The van der Waals surface area contributed by atoms with Gasteiger partial charge in [0.2, 0.25) is 0 Å². The maximum Gasteiger partial charge on any atom is 0.336 e. The molecule has 2 rings (SSSR count). The van der Waals surface area contributed by atoms with E-state index in [0.717, 1.165) is 10.9 Å². The Bertz CT molecular complexity index is 616. The van der Waals surface area contributed by atoms with Crippen LogP contribution in [0.25, 0.3) is 11.0 Å². The van der Waals surface area contributed by atoms with Crippen molar-refractivity contribution in [3.63, 3.8) is 0 Å². The molecule has 88 valence electrons. The van der Waals surface area contributed by atoms with E-state index in [1.807, 2.05) is 13.0 Å². The third-order valence-corrected chi connectivity index (χ3v) is 2.62. The number of halogens is 1. The van der Waals surface area contributed by atoms with Crippen molar-refractivity contribution in [3.05, 3.63) is 52.9 Å². The molecular weight excluding hydrogens is 240 g/mol. The van der Waals surface area contributed by atoms with Crippen LogP contribution in [0.5, 0.6) is 5.75 Å². The van der Waals surface area contributed by atoms with E-state index in [9.17, 15) is 4.79 Å². The molecule has 2 aromatic rings. The third kappa shape index (κ3) is 2.50. The van der Waals surface area contributed by atoms with Crippen molar-refractivity contribution in [3.8, 4) is 5.75 Å². The highest BCUT2D eigenvalue weighted by molar-refractivity contribution is 6.20. The minimum atomic E-state index is -0.607. The van der Waals surface area contributed by atoms with E-state index in [0.29, 0.717) is 11.3 Å². The fraction of sp³-hybridized carbons (Fsp3) is 0.154. The minimum Gasteiger partial charge on any atom is -0.471 e. The van der Waals surface area contributed by atoms with E-state index in [-0.39, 0.29) is 5.63 Å². The predicted molar refractivity (Wildman–Crippen MR) is 67.7 cm³/mol. The van der Waals surface area contributed by atoms with Crippen LogP contribution in [0.1, 0.15) is 5.56 Å². The Morgan fingerprint density at radius 3 is 2.94 bits per heavy atom. The van der Waals surface area contributed by atoms with Crippen LogP contribution in [0.2, 0.25) is 0 Å². The summed E-state index contributed by atoms with van der Waals surface area (Å²) in [5, 5.41) is 0.877. The van der Waals surface area contributed by atoms with Crippen molar-refractivity contribution in [1.29, 1.82) is 0 Å². The molecule has 4 heteroatoms. The number of alkyl halides is 1. The van der Waals surface area contributed by atoms with Gasteiger partial charge in [-0.05, 0) is 30.7 Å². The molecule has 0 radical (unpaired) electrons. The van der Waals surface area contributed by atoms with Gasteiger partial charge in [0.25, 0.3) is 0 Å². The molecule has 0 bridgehead atoms. The molecule has 0 aliphatic rings. The summed E-state index contributed by atoms with van der Waals surface area (Å²) in [5.41, 5.74) is 0.372. The number of hydrogen-bond acceptors (Lipinski definition) is 3. The molecule has 1 unspecified atom stereocenters. The van der Waals surface area contributed by atoms with Crippen molar-refractivity contribution in [2.45, 2.75) is 12.5 Å². The average Bonchev–Trinajstić information content (AvgIpc) is 2.28. The normalized spacial score (nSPS) is 12.4. The molecule has 0 saturated carbocycles. The molecule has 0 saturated heterocycles. The van der Waals surface area contributed by atoms with Gasteiger partial charge in [-0.1, -0.05) is 18.2 Å². The van der Waals surface area contributed by atoms with Crippen LogP contribution in [-0.2, 0) is 0 Å². The van der Waals surface area contributed by atoms with Gasteiger partial charge in [-0.25, -0.2) is 4.79 Å². The molecular formula is C13H11ClO3. The lowest BCUT2D eigenvalue weighted by molar-refractivity contribution is 0.326. The second-order valence-corrected chi connectivity index (χ2v) is 4.04. The summed E-state index contributed by atoms with van der Waals surface area (Å²) in [4.78, 5) is 11.2. The van der Waals surface area contributed by atoms with Gasteiger partial charge in [-0.3, -0.25) is 0 Å². The van der Waals surface area contributed by atoms with E-state index < -0.39 is 5.56 Å². The Kier molecular flexibility index (Phi) is 3.20. The maximum atomic E-state index is 11.2. The molecule has 0 aliphatic heterocycles. The fourth-order valence-electron chi connectivity index (χ4n) is 1.56. The first-order chi connectivity index (χ1) is 8.10. The van der Waals surface area contributed by atoms with Crippen LogP contribution in [0.3, 0.4) is 0 Å². The van der Waals surface area contributed by atoms with Crippen molar-refractivity contribution in [1.82, 2.24) is 0 Å². The van der Waals surface area contributed by atoms with Crippen LogP contribution in [0.4, 0.5) is 0 Å². The lowest BCUT2D eigenvalue weighted by atomic mass is 10.1. The van der Waals surface area contributed by atoms with Gasteiger partial charge >= 0.3 is 5.63 Å². The van der Waals surface area contributed by atoms with Crippen LogP contribution in [0.15, 0.2) is 46.1 Å². The summed E-state index contributed by atoms with van der Waals surface area (Å²) in [6.07, 6.45) is 1.47. The third-order valence-electron chi connectivity index (χ3n) is 2.36. The van der Waals surface area contributed by atoms with Crippen molar-refractivity contribution < 1.29 is 9.15 Å². The second kappa shape index (κ2) is 4.63. The number of hydrogen-bond donors (Lipinski definition) is 0. The summed E-state index contributed by atoms with van der Waals surface area (Å²) < 4.78 is 10.4. The molecule has 0 spiro atoms. The highest BCUT2D eigenvalue weighted by Crippen LogP contribution is 2.23. The molecule has 0 fully saturated rings. The SMILES string of the molecule is C=CC(Cl)Oc1ccc2c(C)cc(=O)oc2c1. The number of fused-ring (bicyclic) bond motifs is 1. The van der Waals surface area contributed by atoms with Crippen LogP contribution >= 0.6 is 11.6 Å². The topological polar surface area (TPSA) is 39.4 Å². The Hall–Kier alpha value is -1.74. The van der Waals surface area contributed by atoms with Crippen molar-refractivity contribution in [2.75, 3.05) is 0 Å². The Morgan fingerprint density at radius 2 is 2.24 bits per heavy atom. The smallest absolute Gasteiger partial charge is 0.336 e. The van der Waals surface area contributed by atoms with Gasteiger partial charge in [0.05, 0.1) is 0 Å². The predicted octanol–water partition coefficient (Wildman–Crippen LogP) is 3.23. The maximum absolute atomic E-state index is 11.2. The average molecular weight is 251 g/mol. The van der Waals surface area contributed by atoms with E-state index >= 15 is 0 Å². The molecule has 1 atom stereocenters. The molecule has 0 aliphatic carbocycles. The zero-order valence-corrected chi connectivity index (χ0v) is 10.0. The minimum absolute atomic E-state index is 0.377. The number of ether oxygens (including phenoxy) is 1. The van der Waals surface area contributed by atoms with Gasteiger partial charge in [-0.15, -0.1) is 0 Å². The van der Waals surface area contributed by atoms with Gasteiger partial charge in [0.1, 0.15) is 11.3 Å². The zero-order chi connectivity index (χ0) is 12.4. The van der Waals surface area contributed by atoms with Crippen molar-refractivity contribution in [2.24, 2.45) is 0 Å². The van der Waals surface area contributed by atoms with Crippen LogP contribution in [0, 0.1) is 6.92 Å². The second-order valence-electron chi connectivity index (χ2n) is 3.61. The fourth-order valence-corrected chi connectivity index (χ4v) is 1.66.